The Bertz CT molecular complexity index is 791. The molecule has 4 rings (SSSR count). The van der Waals surface area contributed by atoms with E-state index in [4.69, 9.17) is 10.7 Å². The lowest BCUT2D eigenvalue weighted by Gasteiger charge is -2.31. The van der Waals surface area contributed by atoms with Crippen LogP contribution in [0.2, 0.25) is 0 Å². The highest BCUT2D eigenvalue weighted by molar-refractivity contribution is 7.10. The summed E-state index contributed by atoms with van der Waals surface area (Å²) in [5, 5.41) is 3.63. The lowest BCUT2D eigenvalue weighted by molar-refractivity contribution is 0.208. The maximum Gasteiger partial charge on any atom is 0.0964 e. The van der Waals surface area contributed by atoms with Crippen molar-refractivity contribution in [2.45, 2.75) is 76.5 Å². The van der Waals surface area contributed by atoms with E-state index in [0.29, 0.717) is 17.8 Å². The van der Waals surface area contributed by atoms with Crippen LogP contribution in [0.25, 0.3) is 11.3 Å². The minimum atomic E-state index is 0.644. The van der Waals surface area contributed by atoms with Gasteiger partial charge in [0.15, 0.2) is 0 Å². The van der Waals surface area contributed by atoms with E-state index >= 15 is 0 Å². The van der Waals surface area contributed by atoms with Crippen LogP contribution in [0.15, 0.2) is 23.6 Å². The van der Waals surface area contributed by atoms with Crippen LogP contribution < -0.4 is 5.73 Å². The highest BCUT2D eigenvalue weighted by Crippen LogP contribution is 2.40. The van der Waals surface area contributed by atoms with Crippen molar-refractivity contribution < 1.29 is 0 Å². The highest BCUT2D eigenvalue weighted by Gasteiger charge is 2.25. The van der Waals surface area contributed by atoms with Gasteiger partial charge < -0.3 is 10.6 Å². The lowest BCUT2D eigenvalue weighted by atomic mass is 9.77. The molecule has 1 aliphatic carbocycles. The number of hydrogen-bond donors (Lipinski definition) is 1. The van der Waals surface area contributed by atoms with Crippen molar-refractivity contribution in [2.24, 2.45) is 5.73 Å². The molecule has 2 unspecified atom stereocenters. The molecule has 0 bridgehead atoms. The van der Waals surface area contributed by atoms with Crippen molar-refractivity contribution in [3.05, 3.63) is 39.7 Å². The minimum absolute atomic E-state index is 0.644. The van der Waals surface area contributed by atoms with Gasteiger partial charge in [-0.15, -0.1) is 11.3 Å². The second-order valence-electron chi connectivity index (χ2n) is 9.26. The zero-order valence-electron chi connectivity index (χ0n) is 18.2. The first-order valence-corrected chi connectivity index (χ1v) is 12.6. The van der Waals surface area contributed by atoms with Crippen molar-refractivity contribution in [2.75, 3.05) is 26.2 Å². The van der Waals surface area contributed by atoms with Crippen molar-refractivity contribution >= 4 is 11.3 Å². The molecule has 3 nitrogen and oxygen atoms in total. The van der Waals surface area contributed by atoms with Gasteiger partial charge >= 0.3 is 0 Å². The molecule has 2 aromatic rings. The van der Waals surface area contributed by atoms with Crippen LogP contribution in [0.1, 0.15) is 92.7 Å². The van der Waals surface area contributed by atoms with Crippen molar-refractivity contribution in [1.82, 2.24) is 9.88 Å². The summed E-state index contributed by atoms with van der Waals surface area (Å²) in [6, 6.07) is 7.10. The number of rotatable bonds is 7. The predicted octanol–water partition coefficient (Wildman–Crippen LogP) is 6.12. The fourth-order valence-corrected chi connectivity index (χ4v) is 6.09. The average Bonchev–Trinajstić information content (AvgIpc) is 3.24. The molecule has 1 aliphatic heterocycles. The minimum Gasteiger partial charge on any atom is -0.330 e. The fourth-order valence-electron chi connectivity index (χ4n) is 5.09. The topological polar surface area (TPSA) is 42.1 Å². The quantitative estimate of drug-likeness (QED) is 0.558. The van der Waals surface area contributed by atoms with E-state index in [1.54, 1.807) is 11.1 Å². The number of fused-ring (bicyclic) bond motifs is 1. The van der Waals surface area contributed by atoms with E-state index in [9.17, 15) is 0 Å². The molecule has 0 spiro atoms. The van der Waals surface area contributed by atoms with Crippen LogP contribution in [0.3, 0.4) is 0 Å². The Morgan fingerprint density at radius 3 is 2.52 bits per heavy atom. The standard InChI is InChI=1S/C25H37N3S/c1-18-6-7-19(2)23-16-21(8-9-22(18)23)24-17-29-25(27-24)20-10-14-28(15-11-20)13-5-3-4-12-26/h8-9,16-20H,3-7,10-15,26H2,1-2H3. The van der Waals surface area contributed by atoms with Gasteiger partial charge in [-0.1, -0.05) is 32.4 Å². The summed E-state index contributed by atoms with van der Waals surface area (Å²) in [6.45, 7) is 9.26. The summed E-state index contributed by atoms with van der Waals surface area (Å²) in [5.41, 5.74) is 11.2. The number of nitrogens with two attached hydrogens (primary N) is 1. The maximum absolute atomic E-state index is 5.60. The molecule has 2 N–H and O–H groups in total. The van der Waals surface area contributed by atoms with Gasteiger partial charge in [0.05, 0.1) is 10.7 Å². The Kier molecular flexibility index (Phi) is 7.04. The van der Waals surface area contributed by atoms with E-state index in [2.05, 4.69) is 42.3 Å². The van der Waals surface area contributed by atoms with Gasteiger partial charge in [0.1, 0.15) is 0 Å². The van der Waals surface area contributed by atoms with Crippen molar-refractivity contribution in [1.29, 1.82) is 0 Å². The molecular weight excluding hydrogens is 374 g/mol. The second-order valence-corrected chi connectivity index (χ2v) is 10.1. The smallest absolute Gasteiger partial charge is 0.0964 e. The average molecular weight is 412 g/mol. The van der Waals surface area contributed by atoms with Crippen molar-refractivity contribution in [3.8, 4) is 11.3 Å². The van der Waals surface area contributed by atoms with Gasteiger partial charge in [0.2, 0.25) is 0 Å². The molecule has 2 heterocycles. The summed E-state index contributed by atoms with van der Waals surface area (Å²) in [7, 11) is 0. The zero-order valence-corrected chi connectivity index (χ0v) is 19.0. The molecule has 2 aliphatic rings. The van der Waals surface area contributed by atoms with Crippen LogP contribution in [-0.4, -0.2) is 36.1 Å². The molecule has 4 heteroatoms. The van der Waals surface area contributed by atoms with Gasteiger partial charge in [0, 0.05) is 16.9 Å². The van der Waals surface area contributed by atoms with Gasteiger partial charge in [0.25, 0.3) is 0 Å². The molecule has 0 amide bonds. The first kappa shape index (κ1) is 21.0. The zero-order chi connectivity index (χ0) is 20.2. The van der Waals surface area contributed by atoms with Gasteiger partial charge in [-0.2, -0.15) is 0 Å². The fraction of sp³-hybridized carbons (Fsp3) is 0.640. The Morgan fingerprint density at radius 1 is 1.00 bits per heavy atom. The number of thiazole rings is 1. The Balaban J connectivity index is 1.38. The van der Waals surface area contributed by atoms with Gasteiger partial charge in [-0.25, -0.2) is 4.98 Å². The summed E-state index contributed by atoms with van der Waals surface area (Å²) in [6.07, 6.45) is 8.86. The second kappa shape index (κ2) is 9.72. The van der Waals surface area contributed by atoms with E-state index in [1.165, 1.54) is 80.8 Å². The van der Waals surface area contributed by atoms with E-state index in [0.717, 1.165) is 6.54 Å². The summed E-state index contributed by atoms with van der Waals surface area (Å²) < 4.78 is 0. The molecule has 0 radical (unpaired) electrons. The molecule has 29 heavy (non-hydrogen) atoms. The Labute approximate surface area is 180 Å². The summed E-state index contributed by atoms with van der Waals surface area (Å²) >= 11 is 1.87. The summed E-state index contributed by atoms with van der Waals surface area (Å²) in [4.78, 5) is 7.73. The first-order valence-electron chi connectivity index (χ1n) is 11.7. The highest BCUT2D eigenvalue weighted by atomic mass is 32.1. The largest absolute Gasteiger partial charge is 0.330 e. The molecule has 0 saturated carbocycles. The van der Waals surface area contributed by atoms with Gasteiger partial charge in [-0.05, 0) is 93.7 Å². The Morgan fingerprint density at radius 2 is 1.76 bits per heavy atom. The molecule has 1 fully saturated rings. The van der Waals surface area contributed by atoms with E-state index in [-0.39, 0.29) is 0 Å². The predicted molar refractivity (Wildman–Crippen MR) is 125 cm³/mol. The summed E-state index contributed by atoms with van der Waals surface area (Å²) in [5.74, 6) is 2.01. The van der Waals surface area contributed by atoms with Crippen molar-refractivity contribution in [3.63, 3.8) is 0 Å². The molecule has 2 atom stereocenters. The third-order valence-electron chi connectivity index (χ3n) is 7.11. The van der Waals surface area contributed by atoms with Crippen LogP contribution in [0.5, 0.6) is 0 Å². The number of unbranched alkanes of at least 4 members (excludes halogenated alkanes) is 2. The van der Waals surface area contributed by atoms with Crippen LogP contribution in [0, 0.1) is 0 Å². The van der Waals surface area contributed by atoms with E-state index in [1.807, 2.05) is 11.3 Å². The number of benzene rings is 1. The van der Waals surface area contributed by atoms with E-state index < -0.39 is 0 Å². The Hall–Kier alpha value is -1.23. The number of likely N-dealkylation sites (tertiary alicyclic amines) is 1. The maximum atomic E-state index is 5.60. The lowest BCUT2D eigenvalue weighted by Crippen LogP contribution is -2.33. The van der Waals surface area contributed by atoms with Crippen LogP contribution in [-0.2, 0) is 0 Å². The SMILES string of the molecule is CC1CCC(C)c2cc(-c3csc(C4CCN(CCCCCN)CC4)n3)ccc21. The molecule has 1 aromatic heterocycles. The molecular formula is C25H37N3S. The normalized spacial score (nSPS) is 23.3. The third-order valence-corrected chi connectivity index (χ3v) is 8.12. The number of nitrogens with zero attached hydrogens (tertiary/aromatic N) is 2. The number of piperidine rings is 1. The molecule has 1 saturated heterocycles. The molecule has 1 aromatic carbocycles. The van der Waals surface area contributed by atoms with Crippen LogP contribution in [0.4, 0.5) is 0 Å². The first-order chi connectivity index (χ1) is 14.2. The monoisotopic (exact) mass is 411 g/mol. The third kappa shape index (κ3) is 4.92. The number of hydrogen-bond acceptors (Lipinski definition) is 4. The number of aromatic nitrogens is 1. The van der Waals surface area contributed by atoms with Crippen LogP contribution >= 0.6 is 11.3 Å². The van der Waals surface area contributed by atoms with Gasteiger partial charge in [-0.3, -0.25) is 0 Å². The molecule has 158 valence electrons.